The fourth-order valence-electron chi connectivity index (χ4n) is 2.39. The number of rotatable bonds is 9. The maximum Gasteiger partial charge on any atom is 0.252 e. The van der Waals surface area contributed by atoms with Gasteiger partial charge in [0.15, 0.2) is 0 Å². The van der Waals surface area contributed by atoms with E-state index in [9.17, 15) is 8.42 Å². The molecular weight excluding hydrogens is 356 g/mol. The number of hydrogen-bond acceptors (Lipinski definition) is 6. The van der Waals surface area contributed by atoms with Crippen molar-refractivity contribution < 1.29 is 8.42 Å². The zero-order valence-electron chi connectivity index (χ0n) is 15.2. The first-order chi connectivity index (χ1) is 11.9. The molecule has 0 aliphatic heterocycles. The van der Waals surface area contributed by atoms with Gasteiger partial charge in [-0.15, -0.1) is 11.3 Å². The molecule has 0 radical (unpaired) electrons. The van der Waals surface area contributed by atoms with Crippen molar-refractivity contribution in [1.82, 2.24) is 14.3 Å². The van der Waals surface area contributed by atoms with Crippen LogP contribution >= 0.6 is 11.3 Å². The van der Waals surface area contributed by atoms with Crippen molar-refractivity contribution in [2.45, 2.75) is 44.2 Å². The number of sulfonamides is 1. The average molecular weight is 383 g/mol. The van der Waals surface area contributed by atoms with E-state index in [1.165, 1.54) is 15.6 Å². The highest BCUT2D eigenvalue weighted by atomic mass is 32.2. The van der Waals surface area contributed by atoms with E-state index >= 15 is 0 Å². The summed E-state index contributed by atoms with van der Waals surface area (Å²) in [5.74, 6) is 1.90. The Kier molecular flexibility index (Phi) is 6.92. The number of aromatic nitrogens is 2. The molecule has 2 aromatic rings. The molecule has 0 aliphatic rings. The lowest BCUT2D eigenvalue weighted by Gasteiger charge is -2.16. The SMILES string of the molecule is CCN(CC)S(=O)(=O)c1ccc(CCNc2ccnc(C(C)C)n2)s1. The maximum absolute atomic E-state index is 12.5. The Morgan fingerprint density at radius 1 is 1.20 bits per heavy atom. The fourth-order valence-corrected chi connectivity index (χ4v) is 5.35. The summed E-state index contributed by atoms with van der Waals surface area (Å²) in [6, 6.07) is 5.44. The summed E-state index contributed by atoms with van der Waals surface area (Å²) in [5, 5.41) is 3.28. The molecule has 0 amide bonds. The van der Waals surface area contributed by atoms with Crippen LogP contribution in [0.15, 0.2) is 28.6 Å². The van der Waals surface area contributed by atoms with Gasteiger partial charge in [-0.1, -0.05) is 27.7 Å². The molecule has 0 saturated heterocycles. The molecule has 8 heteroatoms. The van der Waals surface area contributed by atoms with Gasteiger partial charge >= 0.3 is 0 Å². The second kappa shape index (κ2) is 8.73. The standard InChI is InChI=1S/C17H26N4O2S2/c1-5-21(6-2)25(22,23)16-8-7-14(24-16)9-11-18-15-10-12-19-17(20-15)13(3)4/h7-8,10,12-13H,5-6,9,11H2,1-4H3,(H,18,19,20). The first-order valence-electron chi connectivity index (χ1n) is 8.54. The van der Waals surface area contributed by atoms with Gasteiger partial charge in [-0.3, -0.25) is 0 Å². The van der Waals surface area contributed by atoms with E-state index in [0.29, 0.717) is 23.8 Å². The van der Waals surface area contributed by atoms with Crippen molar-refractivity contribution in [2.24, 2.45) is 0 Å². The summed E-state index contributed by atoms with van der Waals surface area (Å²) in [6.07, 6.45) is 2.50. The number of thiophene rings is 1. The lowest BCUT2D eigenvalue weighted by atomic mass is 10.2. The number of hydrogen-bond donors (Lipinski definition) is 1. The summed E-state index contributed by atoms with van der Waals surface area (Å²) in [5.41, 5.74) is 0. The normalized spacial score (nSPS) is 12.1. The Morgan fingerprint density at radius 2 is 1.92 bits per heavy atom. The molecule has 0 atom stereocenters. The largest absolute Gasteiger partial charge is 0.370 e. The zero-order valence-corrected chi connectivity index (χ0v) is 16.8. The van der Waals surface area contributed by atoms with Crippen LogP contribution in [0.3, 0.4) is 0 Å². The smallest absolute Gasteiger partial charge is 0.252 e. The quantitative estimate of drug-likeness (QED) is 0.720. The molecule has 6 nitrogen and oxygen atoms in total. The van der Waals surface area contributed by atoms with Crippen LogP contribution in [0, 0.1) is 0 Å². The molecule has 0 spiro atoms. The van der Waals surface area contributed by atoms with E-state index in [1.54, 1.807) is 12.3 Å². The summed E-state index contributed by atoms with van der Waals surface area (Å²) < 4.78 is 26.9. The highest BCUT2D eigenvalue weighted by Crippen LogP contribution is 2.25. The minimum absolute atomic E-state index is 0.284. The Hall–Kier alpha value is -1.51. The van der Waals surface area contributed by atoms with Crippen LogP contribution in [0.1, 0.15) is 44.3 Å². The highest BCUT2D eigenvalue weighted by Gasteiger charge is 2.23. The first-order valence-corrected chi connectivity index (χ1v) is 10.8. The summed E-state index contributed by atoms with van der Waals surface area (Å²) in [6.45, 7) is 9.49. The van der Waals surface area contributed by atoms with Gasteiger partial charge in [0, 0.05) is 36.6 Å². The topological polar surface area (TPSA) is 75.2 Å². The number of nitrogens with zero attached hydrogens (tertiary/aromatic N) is 3. The minimum atomic E-state index is -3.36. The first kappa shape index (κ1) is 19.8. The molecule has 138 valence electrons. The number of anilines is 1. The Labute approximate surface area is 154 Å². The van der Waals surface area contributed by atoms with Crippen LogP contribution in [0.25, 0.3) is 0 Å². The minimum Gasteiger partial charge on any atom is -0.370 e. The Morgan fingerprint density at radius 3 is 2.56 bits per heavy atom. The van der Waals surface area contributed by atoms with Gasteiger partial charge in [0.1, 0.15) is 15.9 Å². The lowest BCUT2D eigenvalue weighted by molar-refractivity contribution is 0.447. The van der Waals surface area contributed by atoms with Crippen molar-refractivity contribution in [3.05, 3.63) is 35.1 Å². The van der Waals surface area contributed by atoms with E-state index in [2.05, 4.69) is 29.1 Å². The van der Waals surface area contributed by atoms with E-state index in [0.717, 1.165) is 22.9 Å². The van der Waals surface area contributed by atoms with Crippen molar-refractivity contribution in [3.63, 3.8) is 0 Å². The predicted octanol–water partition coefficient (Wildman–Crippen LogP) is 3.35. The van der Waals surface area contributed by atoms with Crippen LogP contribution in [-0.2, 0) is 16.4 Å². The van der Waals surface area contributed by atoms with Gasteiger partial charge in [-0.2, -0.15) is 4.31 Å². The van der Waals surface area contributed by atoms with Crippen LogP contribution < -0.4 is 5.32 Å². The van der Waals surface area contributed by atoms with Crippen LogP contribution in [0.5, 0.6) is 0 Å². The van der Waals surface area contributed by atoms with E-state index in [1.807, 2.05) is 26.0 Å². The monoisotopic (exact) mass is 382 g/mol. The maximum atomic E-state index is 12.5. The van der Waals surface area contributed by atoms with Gasteiger partial charge in [-0.05, 0) is 24.6 Å². The van der Waals surface area contributed by atoms with Crippen molar-refractivity contribution in [3.8, 4) is 0 Å². The number of nitrogens with one attached hydrogen (secondary N) is 1. The second-order valence-corrected chi connectivity index (χ2v) is 9.27. The molecule has 2 rings (SSSR count). The molecule has 25 heavy (non-hydrogen) atoms. The van der Waals surface area contributed by atoms with Gasteiger partial charge in [0.25, 0.3) is 10.0 Å². The highest BCUT2D eigenvalue weighted by molar-refractivity contribution is 7.91. The van der Waals surface area contributed by atoms with Crippen molar-refractivity contribution in [2.75, 3.05) is 25.0 Å². The third-order valence-corrected chi connectivity index (χ3v) is 7.47. The lowest BCUT2D eigenvalue weighted by Crippen LogP contribution is -2.29. The predicted molar refractivity (Wildman–Crippen MR) is 103 cm³/mol. The molecule has 0 saturated carbocycles. The van der Waals surface area contributed by atoms with E-state index < -0.39 is 10.0 Å². The zero-order chi connectivity index (χ0) is 18.4. The van der Waals surface area contributed by atoms with Crippen LogP contribution in [0.4, 0.5) is 5.82 Å². The molecule has 2 heterocycles. The molecular formula is C17H26N4O2S2. The summed E-state index contributed by atoms with van der Waals surface area (Å²) >= 11 is 1.34. The molecule has 0 unspecified atom stereocenters. The van der Waals surface area contributed by atoms with Crippen LogP contribution in [-0.4, -0.2) is 42.3 Å². The van der Waals surface area contributed by atoms with Gasteiger partial charge in [-0.25, -0.2) is 18.4 Å². The second-order valence-electron chi connectivity index (χ2n) is 5.94. The Balaban J connectivity index is 1.97. The van der Waals surface area contributed by atoms with Gasteiger partial charge in [0.2, 0.25) is 0 Å². The van der Waals surface area contributed by atoms with Gasteiger partial charge in [0.05, 0.1) is 0 Å². The van der Waals surface area contributed by atoms with Crippen molar-refractivity contribution in [1.29, 1.82) is 0 Å². The van der Waals surface area contributed by atoms with Crippen molar-refractivity contribution >= 4 is 27.2 Å². The molecule has 0 fully saturated rings. The van der Waals surface area contributed by atoms with E-state index in [-0.39, 0.29) is 5.92 Å². The third-order valence-electron chi connectivity index (χ3n) is 3.80. The molecule has 2 aromatic heterocycles. The molecule has 0 aromatic carbocycles. The Bertz CT molecular complexity index is 783. The fraction of sp³-hybridized carbons (Fsp3) is 0.529. The third kappa shape index (κ3) is 4.99. The average Bonchev–Trinajstić information content (AvgIpc) is 3.06. The molecule has 0 bridgehead atoms. The van der Waals surface area contributed by atoms with E-state index in [4.69, 9.17) is 0 Å². The summed E-state index contributed by atoms with van der Waals surface area (Å²) in [4.78, 5) is 9.76. The van der Waals surface area contributed by atoms with Crippen LogP contribution in [0.2, 0.25) is 0 Å². The van der Waals surface area contributed by atoms with Gasteiger partial charge < -0.3 is 5.32 Å². The molecule has 1 N–H and O–H groups in total. The molecule has 0 aliphatic carbocycles. The summed E-state index contributed by atoms with van der Waals surface area (Å²) in [7, 11) is -3.36.